The van der Waals surface area contributed by atoms with Gasteiger partial charge in [0.15, 0.2) is 0 Å². The molecule has 0 saturated heterocycles. The van der Waals surface area contributed by atoms with E-state index in [9.17, 15) is 0 Å². The molecule has 0 aliphatic heterocycles. The highest BCUT2D eigenvalue weighted by atomic mass is 14.9. The van der Waals surface area contributed by atoms with Crippen molar-refractivity contribution in [3.8, 4) is 0 Å². The lowest BCUT2D eigenvalue weighted by molar-refractivity contribution is 0.394. The quantitative estimate of drug-likeness (QED) is 0.709. The van der Waals surface area contributed by atoms with Crippen LogP contribution in [0, 0.1) is 0 Å². The molecule has 0 atom stereocenters. The molecule has 1 aliphatic rings. The average molecular weight is 186 g/mol. The minimum Gasteiger partial charge on any atom is -0.330 e. The third-order valence-electron chi connectivity index (χ3n) is 2.57. The zero-order valence-electron chi connectivity index (χ0n) is 9.31. The van der Waals surface area contributed by atoms with Gasteiger partial charge in [-0.3, -0.25) is 0 Å². The fraction of sp³-hybridized carbons (Fsp3) is 1.00. The van der Waals surface area contributed by atoms with Gasteiger partial charge in [0.25, 0.3) is 0 Å². The monoisotopic (exact) mass is 186 g/mol. The molecule has 0 unspecified atom stereocenters. The first kappa shape index (κ1) is 12.9. The van der Waals surface area contributed by atoms with Crippen LogP contribution in [0.25, 0.3) is 0 Å². The fourth-order valence-electron chi connectivity index (χ4n) is 1.60. The van der Waals surface area contributed by atoms with Gasteiger partial charge in [0.1, 0.15) is 0 Å². The normalized spacial score (nSPS) is 17.8. The molecule has 0 heterocycles. The summed E-state index contributed by atoms with van der Waals surface area (Å²) in [5, 5.41) is 3.30. The second kappa shape index (κ2) is 10.0. The van der Waals surface area contributed by atoms with Gasteiger partial charge in [-0.25, -0.2) is 0 Å². The summed E-state index contributed by atoms with van der Waals surface area (Å²) in [6, 6.07) is 0.837. The Morgan fingerprint density at radius 3 is 2.08 bits per heavy atom. The number of unbranched alkanes of at least 4 members (excludes halogenated alkanes) is 1. The van der Waals surface area contributed by atoms with Crippen molar-refractivity contribution in [1.82, 2.24) is 5.32 Å². The van der Waals surface area contributed by atoms with E-state index in [-0.39, 0.29) is 0 Å². The van der Waals surface area contributed by atoms with E-state index in [0.717, 1.165) is 12.6 Å². The largest absolute Gasteiger partial charge is 0.330 e. The minimum absolute atomic E-state index is 0.837. The summed E-state index contributed by atoms with van der Waals surface area (Å²) >= 11 is 0. The van der Waals surface area contributed by atoms with E-state index in [1.807, 2.05) is 0 Å². The lowest BCUT2D eigenvalue weighted by atomic mass is 9.96. The van der Waals surface area contributed by atoms with Crippen LogP contribution in [0.1, 0.15) is 51.9 Å². The van der Waals surface area contributed by atoms with Crippen molar-refractivity contribution in [3.05, 3.63) is 0 Å². The van der Waals surface area contributed by atoms with E-state index in [4.69, 9.17) is 5.73 Å². The molecule has 0 bridgehead atoms. The Kier molecular flexibility index (Phi) is 9.94. The smallest absolute Gasteiger partial charge is 0.00640 e. The molecular formula is C11H26N2. The standard InChI is InChI=1S/C7H15N.C4H11N/c1-8-7-5-3-2-4-6-7;1-2-3-4-5/h7-8H,2-6H2,1H3;2-5H2,1H3. The van der Waals surface area contributed by atoms with Crippen LogP contribution in [0.4, 0.5) is 0 Å². The number of nitrogens with two attached hydrogens (primary N) is 1. The second-order valence-corrected chi connectivity index (χ2v) is 3.77. The summed E-state index contributed by atoms with van der Waals surface area (Å²) < 4.78 is 0. The Balaban J connectivity index is 0.000000252. The molecule has 0 aromatic rings. The molecule has 80 valence electrons. The van der Waals surface area contributed by atoms with Gasteiger partial charge >= 0.3 is 0 Å². The van der Waals surface area contributed by atoms with E-state index in [1.54, 1.807) is 0 Å². The Morgan fingerprint density at radius 1 is 1.23 bits per heavy atom. The lowest BCUT2D eigenvalue weighted by Gasteiger charge is -2.20. The third kappa shape index (κ3) is 8.26. The van der Waals surface area contributed by atoms with Gasteiger partial charge in [0, 0.05) is 6.04 Å². The van der Waals surface area contributed by atoms with E-state index in [1.165, 1.54) is 44.9 Å². The van der Waals surface area contributed by atoms with Gasteiger partial charge in [-0.05, 0) is 32.9 Å². The summed E-state index contributed by atoms with van der Waals surface area (Å²) in [7, 11) is 2.07. The molecule has 2 nitrogen and oxygen atoms in total. The van der Waals surface area contributed by atoms with Gasteiger partial charge in [-0.2, -0.15) is 0 Å². The molecule has 0 aromatic carbocycles. The average Bonchev–Trinajstić information content (AvgIpc) is 2.21. The van der Waals surface area contributed by atoms with Gasteiger partial charge in [0.2, 0.25) is 0 Å². The van der Waals surface area contributed by atoms with Gasteiger partial charge in [-0.1, -0.05) is 32.6 Å². The minimum atomic E-state index is 0.837. The van der Waals surface area contributed by atoms with Crippen LogP contribution in [-0.4, -0.2) is 19.6 Å². The molecule has 1 saturated carbocycles. The van der Waals surface area contributed by atoms with Crippen molar-refractivity contribution in [2.24, 2.45) is 5.73 Å². The van der Waals surface area contributed by atoms with Crippen molar-refractivity contribution < 1.29 is 0 Å². The van der Waals surface area contributed by atoms with E-state index >= 15 is 0 Å². The molecule has 1 rings (SSSR count). The van der Waals surface area contributed by atoms with Crippen LogP contribution >= 0.6 is 0 Å². The highest BCUT2D eigenvalue weighted by molar-refractivity contribution is 4.68. The molecule has 1 aliphatic carbocycles. The van der Waals surface area contributed by atoms with Crippen LogP contribution in [0.15, 0.2) is 0 Å². The van der Waals surface area contributed by atoms with Crippen molar-refractivity contribution >= 4 is 0 Å². The predicted octanol–water partition coefficient (Wildman–Crippen LogP) is 2.28. The summed E-state index contributed by atoms with van der Waals surface area (Å²) in [6.07, 6.45) is 9.51. The summed E-state index contributed by atoms with van der Waals surface area (Å²) in [5.41, 5.74) is 5.14. The van der Waals surface area contributed by atoms with Crippen molar-refractivity contribution in [2.45, 2.75) is 57.9 Å². The van der Waals surface area contributed by atoms with Crippen LogP contribution in [0.5, 0.6) is 0 Å². The number of nitrogens with one attached hydrogen (secondary N) is 1. The van der Waals surface area contributed by atoms with Crippen LogP contribution < -0.4 is 11.1 Å². The van der Waals surface area contributed by atoms with Crippen molar-refractivity contribution in [1.29, 1.82) is 0 Å². The molecule has 13 heavy (non-hydrogen) atoms. The maximum Gasteiger partial charge on any atom is 0.00640 e. The molecule has 2 heteroatoms. The number of rotatable bonds is 3. The zero-order chi connectivity index (χ0) is 9.94. The van der Waals surface area contributed by atoms with Crippen molar-refractivity contribution in [3.63, 3.8) is 0 Å². The van der Waals surface area contributed by atoms with Gasteiger partial charge in [-0.15, -0.1) is 0 Å². The van der Waals surface area contributed by atoms with E-state index < -0.39 is 0 Å². The zero-order valence-corrected chi connectivity index (χ0v) is 9.31. The molecule has 0 aromatic heterocycles. The molecular weight excluding hydrogens is 160 g/mol. The highest BCUT2D eigenvalue weighted by Crippen LogP contribution is 2.16. The Morgan fingerprint density at radius 2 is 1.85 bits per heavy atom. The fourth-order valence-corrected chi connectivity index (χ4v) is 1.60. The Bertz CT molecular complexity index is 86.1. The Labute approximate surface area is 83.3 Å². The topological polar surface area (TPSA) is 38.0 Å². The van der Waals surface area contributed by atoms with Gasteiger partial charge in [0.05, 0.1) is 0 Å². The highest BCUT2D eigenvalue weighted by Gasteiger charge is 2.09. The molecule has 3 N–H and O–H groups in total. The number of hydrogen-bond acceptors (Lipinski definition) is 2. The molecule has 0 amide bonds. The summed E-state index contributed by atoms with van der Waals surface area (Å²) in [5.74, 6) is 0. The second-order valence-electron chi connectivity index (χ2n) is 3.77. The first-order valence-electron chi connectivity index (χ1n) is 5.72. The molecule has 0 radical (unpaired) electrons. The predicted molar refractivity (Wildman–Crippen MR) is 59.9 cm³/mol. The number of hydrogen-bond donors (Lipinski definition) is 2. The van der Waals surface area contributed by atoms with E-state index in [0.29, 0.717) is 0 Å². The maximum atomic E-state index is 5.14. The SMILES string of the molecule is CCCCN.CNC1CCCCC1. The van der Waals surface area contributed by atoms with Crippen LogP contribution in [-0.2, 0) is 0 Å². The molecule has 1 fully saturated rings. The first-order chi connectivity index (χ1) is 6.35. The first-order valence-corrected chi connectivity index (χ1v) is 5.72. The molecule has 0 spiro atoms. The summed E-state index contributed by atoms with van der Waals surface area (Å²) in [4.78, 5) is 0. The maximum absolute atomic E-state index is 5.14. The third-order valence-corrected chi connectivity index (χ3v) is 2.57. The van der Waals surface area contributed by atoms with Crippen LogP contribution in [0.2, 0.25) is 0 Å². The Hall–Kier alpha value is -0.0800. The van der Waals surface area contributed by atoms with E-state index in [2.05, 4.69) is 19.3 Å². The lowest BCUT2D eigenvalue weighted by Crippen LogP contribution is -2.26. The van der Waals surface area contributed by atoms with Gasteiger partial charge < -0.3 is 11.1 Å². The van der Waals surface area contributed by atoms with Crippen LogP contribution in [0.3, 0.4) is 0 Å². The summed E-state index contributed by atoms with van der Waals surface area (Å²) in [6.45, 7) is 2.98. The van der Waals surface area contributed by atoms with Crippen molar-refractivity contribution in [2.75, 3.05) is 13.6 Å².